The maximum absolute atomic E-state index is 6.40. The number of hydrogen-bond donors (Lipinski definition) is 2. The van der Waals surface area contributed by atoms with Gasteiger partial charge in [0.05, 0.1) is 11.4 Å². The Labute approximate surface area is 128 Å². The standard InChI is InChI=1S/C20H16N2/c1-3-14-16-11(2)8-9-13-10-12-6-4-5-7-15(12)18(17(13)16)20(22)19(14)21/h3-10H,1-2,21-22H2. The highest BCUT2D eigenvalue weighted by molar-refractivity contribution is 6.28. The van der Waals surface area contributed by atoms with Crippen LogP contribution >= 0.6 is 0 Å². The van der Waals surface area contributed by atoms with Crippen LogP contribution < -0.4 is 16.7 Å². The Morgan fingerprint density at radius 1 is 0.818 bits per heavy atom. The number of fused-ring (bicyclic) bond motifs is 2. The molecule has 106 valence electrons. The van der Waals surface area contributed by atoms with Gasteiger partial charge in [-0.25, -0.2) is 0 Å². The lowest BCUT2D eigenvalue weighted by Gasteiger charge is -2.17. The number of nitrogens with two attached hydrogens (primary N) is 2. The Morgan fingerprint density at radius 2 is 1.59 bits per heavy atom. The molecule has 0 aliphatic rings. The molecule has 0 heterocycles. The lowest BCUT2D eigenvalue weighted by Crippen LogP contribution is -2.07. The van der Waals surface area contributed by atoms with Crippen molar-refractivity contribution in [2.24, 2.45) is 0 Å². The van der Waals surface area contributed by atoms with Gasteiger partial charge in [-0.1, -0.05) is 55.6 Å². The SMILES string of the molecule is C=Cc1c(N)c(N)c2c3ccccc3cc3ccc(=C)c1c32. The molecule has 0 spiro atoms. The van der Waals surface area contributed by atoms with Crippen molar-refractivity contribution in [1.29, 1.82) is 0 Å². The molecule has 0 amide bonds. The van der Waals surface area contributed by atoms with E-state index in [2.05, 4.69) is 37.4 Å². The van der Waals surface area contributed by atoms with Crippen LogP contribution in [0.1, 0.15) is 5.56 Å². The molecule has 4 N–H and O–H groups in total. The van der Waals surface area contributed by atoms with Gasteiger partial charge in [0.1, 0.15) is 0 Å². The van der Waals surface area contributed by atoms with Crippen molar-refractivity contribution < 1.29 is 0 Å². The average molecular weight is 284 g/mol. The second kappa shape index (κ2) is 4.25. The Bertz CT molecular complexity index is 1120. The van der Waals surface area contributed by atoms with Gasteiger partial charge in [-0.2, -0.15) is 0 Å². The van der Waals surface area contributed by atoms with Gasteiger partial charge in [0.25, 0.3) is 0 Å². The highest BCUT2D eigenvalue weighted by Gasteiger charge is 2.16. The minimum Gasteiger partial charge on any atom is -0.397 e. The number of benzene rings is 4. The summed E-state index contributed by atoms with van der Waals surface area (Å²) < 4.78 is 0. The molecule has 4 rings (SSSR count). The Hall–Kier alpha value is -3.00. The second-order valence-corrected chi connectivity index (χ2v) is 5.62. The summed E-state index contributed by atoms with van der Waals surface area (Å²) >= 11 is 0. The number of anilines is 2. The molecular weight excluding hydrogens is 268 g/mol. The molecule has 0 aliphatic carbocycles. The quantitative estimate of drug-likeness (QED) is 0.314. The number of hydrogen-bond acceptors (Lipinski definition) is 2. The fourth-order valence-corrected chi connectivity index (χ4v) is 3.42. The first kappa shape index (κ1) is 12.7. The molecule has 4 aromatic carbocycles. The van der Waals surface area contributed by atoms with Crippen molar-refractivity contribution in [2.45, 2.75) is 0 Å². The third kappa shape index (κ3) is 1.44. The van der Waals surface area contributed by atoms with Crippen molar-refractivity contribution in [3.8, 4) is 0 Å². The summed E-state index contributed by atoms with van der Waals surface area (Å²) in [6, 6.07) is 14.5. The van der Waals surface area contributed by atoms with Crippen LogP contribution in [0.5, 0.6) is 0 Å². The lowest BCUT2D eigenvalue weighted by molar-refractivity contribution is 1.68. The van der Waals surface area contributed by atoms with E-state index in [-0.39, 0.29) is 0 Å². The van der Waals surface area contributed by atoms with Crippen LogP contribution in [0.4, 0.5) is 11.4 Å². The van der Waals surface area contributed by atoms with E-state index >= 15 is 0 Å². The van der Waals surface area contributed by atoms with Gasteiger partial charge in [0, 0.05) is 16.3 Å². The lowest BCUT2D eigenvalue weighted by atomic mass is 9.89. The molecule has 0 bridgehead atoms. The van der Waals surface area contributed by atoms with E-state index in [1.54, 1.807) is 6.08 Å². The minimum absolute atomic E-state index is 0.580. The van der Waals surface area contributed by atoms with Crippen molar-refractivity contribution >= 4 is 56.3 Å². The molecule has 0 saturated carbocycles. The smallest absolute Gasteiger partial charge is 0.0640 e. The summed E-state index contributed by atoms with van der Waals surface area (Å²) in [5.74, 6) is 0. The highest BCUT2D eigenvalue weighted by atomic mass is 14.7. The Morgan fingerprint density at radius 3 is 2.36 bits per heavy atom. The Kier molecular flexibility index (Phi) is 2.46. The van der Waals surface area contributed by atoms with Gasteiger partial charge >= 0.3 is 0 Å². The van der Waals surface area contributed by atoms with Crippen molar-refractivity contribution in [1.82, 2.24) is 0 Å². The third-order valence-electron chi connectivity index (χ3n) is 4.44. The van der Waals surface area contributed by atoms with E-state index in [9.17, 15) is 0 Å². The summed E-state index contributed by atoms with van der Waals surface area (Å²) in [4.78, 5) is 0. The highest BCUT2D eigenvalue weighted by Crippen LogP contribution is 2.41. The normalized spacial score (nSPS) is 11.5. The third-order valence-corrected chi connectivity index (χ3v) is 4.44. The largest absolute Gasteiger partial charge is 0.397 e. The molecule has 4 aromatic rings. The Balaban J connectivity index is 2.51. The molecule has 0 fully saturated rings. The zero-order valence-electron chi connectivity index (χ0n) is 12.2. The van der Waals surface area contributed by atoms with Gasteiger partial charge in [-0.05, 0) is 32.8 Å². The zero-order valence-corrected chi connectivity index (χ0v) is 12.2. The molecule has 2 nitrogen and oxygen atoms in total. The molecular formula is C20H16N2. The second-order valence-electron chi connectivity index (χ2n) is 5.62. The average Bonchev–Trinajstić information content (AvgIpc) is 2.54. The first-order valence-corrected chi connectivity index (χ1v) is 7.19. The first-order valence-electron chi connectivity index (χ1n) is 7.19. The van der Waals surface area contributed by atoms with E-state index in [0.717, 1.165) is 43.1 Å². The van der Waals surface area contributed by atoms with Crippen molar-refractivity contribution in [3.05, 3.63) is 59.8 Å². The zero-order chi connectivity index (χ0) is 15.4. The molecule has 0 saturated heterocycles. The monoisotopic (exact) mass is 284 g/mol. The molecule has 0 unspecified atom stereocenters. The topological polar surface area (TPSA) is 52.0 Å². The van der Waals surface area contributed by atoms with Gasteiger partial charge in [0.2, 0.25) is 0 Å². The molecule has 0 aromatic heterocycles. The summed E-state index contributed by atoms with van der Waals surface area (Å²) in [5.41, 5.74) is 14.8. The molecule has 0 radical (unpaired) electrons. The maximum atomic E-state index is 6.40. The van der Waals surface area contributed by atoms with Crippen molar-refractivity contribution in [2.75, 3.05) is 11.5 Å². The van der Waals surface area contributed by atoms with Crippen LogP contribution in [0.3, 0.4) is 0 Å². The summed E-state index contributed by atoms with van der Waals surface area (Å²) in [6.45, 7) is 8.06. The first-order chi connectivity index (χ1) is 10.6. The predicted octanol–water partition coefficient (Wildman–Crippen LogP) is 4.08. The van der Waals surface area contributed by atoms with E-state index in [1.165, 1.54) is 0 Å². The fourth-order valence-electron chi connectivity index (χ4n) is 3.42. The summed E-state index contributed by atoms with van der Waals surface area (Å²) in [5, 5.41) is 7.53. The molecule has 0 atom stereocenters. The van der Waals surface area contributed by atoms with Gasteiger partial charge in [-0.15, -0.1) is 0 Å². The van der Waals surface area contributed by atoms with E-state index in [4.69, 9.17) is 11.5 Å². The number of rotatable bonds is 1. The van der Waals surface area contributed by atoms with Crippen LogP contribution in [0, 0.1) is 0 Å². The number of nitrogen functional groups attached to an aromatic ring is 2. The van der Waals surface area contributed by atoms with Crippen LogP contribution in [0.25, 0.3) is 45.0 Å². The molecule has 0 aliphatic heterocycles. The van der Waals surface area contributed by atoms with Gasteiger partial charge in [0.15, 0.2) is 0 Å². The van der Waals surface area contributed by atoms with Crippen LogP contribution in [-0.2, 0) is 0 Å². The minimum atomic E-state index is 0.580. The molecule has 2 heteroatoms. The van der Waals surface area contributed by atoms with Gasteiger partial charge < -0.3 is 11.5 Å². The maximum Gasteiger partial charge on any atom is 0.0640 e. The fraction of sp³-hybridized carbons (Fsp3) is 0. The van der Waals surface area contributed by atoms with E-state index < -0.39 is 0 Å². The van der Waals surface area contributed by atoms with E-state index in [0.29, 0.717) is 11.4 Å². The summed E-state index contributed by atoms with van der Waals surface area (Å²) in [7, 11) is 0. The summed E-state index contributed by atoms with van der Waals surface area (Å²) in [6.07, 6.45) is 1.77. The van der Waals surface area contributed by atoms with Crippen LogP contribution in [0.15, 0.2) is 49.0 Å². The molecule has 22 heavy (non-hydrogen) atoms. The van der Waals surface area contributed by atoms with Crippen LogP contribution in [0.2, 0.25) is 0 Å². The van der Waals surface area contributed by atoms with Crippen molar-refractivity contribution in [3.63, 3.8) is 0 Å². The van der Waals surface area contributed by atoms with E-state index in [1.807, 2.05) is 18.2 Å². The van der Waals surface area contributed by atoms with Gasteiger partial charge in [-0.3, -0.25) is 0 Å². The predicted molar refractivity (Wildman–Crippen MR) is 98.6 cm³/mol. The van der Waals surface area contributed by atoms with Crippen LogP contribution in [-0.4, -0.2) is 0 Å².